The summed E-state index contributed by atoms with van der Waals surface area (Å²) in [5, 5.41) is 6.85. The molecule has 3 aromatic heterocycles. The van der Waals surface area contributed by atoms with Gasteiger partial charge in [-0.05, 0) is 38.5 Å². The zero-order chi connectivity index (χ0) is 22.2. The summed E-state index contributed by atoms with van der Waals surface area (Å²) in [5.74, 6) is 1.75. The van der Waals surface area contributed by atoms with Crippen LogP contribution in [0.5, 0.6) is 0 Å². The number of nitrogens with zero attached hydrogens (tertiary/aromatic N) is 5. The van der Waals surface area contributed by atoms with Crippen LogP contribution in [0.25, 0.3) is 22.4 Å². The number of hydrogen-bond donors (Lipinski definition) is 2. The molecule has 0 radical (unpaired) electrons. The van der Waals surface area contributed by atoms with Crippen LogP contribution in [-0.2, 0) is 16.1 Å². The second-order valence-electron chi connectivity index (χ2n) is 8.54. The van der Waals surface area contributed by atoms with Crippen LogP contribution in [0.15, 0.2) is 30.5 Å². The molecule has 0 saturated carbocycles. The fraction of sp³-hybridized carbons (Fsp3) is 0.478. The third-order valence-corrected chi connectivity index (χ3v) is 6.26. The fourth-order valence-electron chi connectivity index (χ4n) is 4.76. The highest BCUT2D eigenvalue weighted by Gasteiger charge is 2.32. The third-order valence-electron chi connectivity index (χ3n) is 6.26. The summed E-state index contributed by atoms with van der Waals surface area (Å²) in [6.45, 7) is 6.33. The van der Waals surface area contributed by atoms with E-state index in [0.717, 1.165) is 34.1 Å². The Bertz CT molecular complexity index is 1140. The Morgan fingerprint density at radius 2 is 2.09 bits per heavy atom. The minimum absolute atomic E-state index is 0.0881. The molecule has 2 aliphatic rings. The Morgan fingerprint density at radius 1 is 1.22 bits per heavy atom. The van der Waals surface area contributed by atoms with Crippen molar-refractivity contribution in [3.63, 3.8) is 0 Å². The molecule has 5 heterocycles. The van der Waals surface area contributed by atoms with Gasteiger partial charge in [0.25, 0.3) is 0 Å². The van der Waals surface area contributed by atoms with E-state index < -0.39 is 0 Å². The molecule has 168 valence electrons. The molecule has 32 heavy (non-hydrogen) atoms. The first-order valence-corrected chi connectivity index (χ1v) is 11.2. The number of ether oxygens (including phenoxy) is 1. The van der Waals surface area contributed by atoms with Crippen molar-refractivity contribution >= 4 is 22.8 Å². The zero-order valence-electron chi connectivity index (χ0n) is 18.7. The van der Waals surface area contributed by atoms with Gasteiger partial charge in [0, 0.05) is 39.0 Å². The second kappa shape index (κ2) is 8.48. The van der Waals surface area contributed by atoms with Gasteiger partial charge in [0.2, 0.25) is 5.91 Å². The quantitative estimate of drug-likeness (QED) is 0.634. The van der Waals surface area contributed by atoms with E-state index in [0.29, 0.717) is 32.7 Å². The predicted octanol–water partition coefficient (Wildman–Crippen LogP) is 1.82. The SMILES string of the molecule is CCO[C@H]1CN(C)C(=O)[C@@H]2CC(CN2)Nc2cccc(n2)-c2nccc3nc(C)n(c23)C1. The van der Waals surface area contributed by atoms with Crippen LogP contribution in [0.4, 0.5) is 5.82 Å². The molecule has 9 heteroatoms. The Balaban J connectivity index is 1.65. The molecule has 5 rings (SSSR count). The van der Waals surface area contributed by atoms with Gasteiger partial charge >= 0.3 is 0 Å². The number of likely N-dealkylation sites (N-methyl/N-ethyl adjacent to an activating group) is 1. The van der Waals surface area contributed by atoms with E-state index in [4.69, 9.17) is 14.7 Å². The smallest absolute Gasteiger partial charge is 0.239 e. The highest BCUT2D eigenvalue weighted by molar-refractivity contribution is 5.89. The maximum atomic E-state index is 13.1. The van der Waals surface area contributed by atoms with Gasteiger partial charge in [0.15, 0.2) is 0 Å². The lowest BCUT2D eigenvalue weighted by molar-refractivity contribution is -0.133. The van der Waals surface area contributed by atoms with Crippen LogP contribution in [-0.4, -0.2) is 75.3 Å². The van der Waals surface area contributed by atoms with Crippen LogP contribution in [0, 0.1) is 6.92 Å². The minimum atomic E-state index is -0.214. The minimum Gasteiger partial charge on any atom is -0.375 e. The maximum absolute atomic E-state index is 13.1. The Labute approximate surface area is 187 Å². The molecule has 1 saturated heterocycles. The van der Waals surface area contributed by atoms with E-state index in [-0.39, 0.29) is 24.1 Å². The molecule has 2 aliphatic heterocycles. The van der Waals surface area contributed by atoms with E-state index in [2.05, 4.69) is 20.2 Å². The maximum Gasteiger partial charge on any atom is 0.239 e. The molecule has 3 aromatic rings. The Kier molecular flexibility index (Phi) is 5.52. The van der Waals surface area contributed by atoms with Gasteiger partial charge in [-0.2, -0.15) is 0 Å². The standard InChI is InChI=1S/C23H29N7O2/c1-4-32-16-12-29(3)23(31)19-10-15(11-25-19)27-20-7-5-6-17(28-20)21-22-18(8-9-24-21)26-14(2)30(22)13-16/h5-9,15-16,19,25H,4,10-13H2,1-3H3,(H,27,28)/t15?,16-,19-/m0/s1. The topological polar surface area (TPSA) is 97.2 Å². The van der Waals surface area contributed by atoms with Crippen LogP contribution in [0.3, 0.4) is 0 Å². The van der Waals surface area contributed by atoms with E-state index in [1.54, 1.807) is 11.1 Å². The molecule has 9 nitrogen and oxygen atoms in total. The van der Waals surface area contributed by atoms with Crippen molar-refractivity contribution in [2.75, 3.05) is 32.1 Å². The summed E-state index contributed by atoms with van der Waals surface area (Å²) in [5.41, 5.74) is 3.40. The summed E-state index contributed by atoms with van der Waals surface area (Å²) in [6.07, 6.45) is 2.33. The van der Waals surface area contributed by atoms with Gasteiger partial charge in [0.1, 0.15) is 17.3 Å². The number of amides is 1. The Hall–Kier alpha value is -3.04. The molecule has 4 bridgehead atoms. The van der Waals surface area contributed by atoms with Crippen molar-refractivity contribution in [3.8, 4) is 11.4 Å². The number of aromatic nitrogens is 4. The van der Waals surface area contributed by atoms with Gasteiger partial charge in [0.05, 0.1) is 35.4 Å². The van der Waals surface area contributed by atoms with Gasteiger partial charge in [-0.3, -0.25) is 9.78 Å². The lowest BCUT2D eigenvalue weighted by Crippen LogP contribution is -2.45. The number of imidazole rings is 1. The number of pyridine rings is 2. The normalized spacial score (nSPS) is 23.7. The highest BCUT2D eigenvalue weighted by atomic mass is 16.5. The largest absolute Gasteiger partial charge is 0.375 e. The van der Waals surface area contributed by atoms with Crippen molar-refractivity contribution in [3.05, 3.63) is 36.3 Å². The first-order valence-electron chi connectivity index (χ1n) is 11.2. The number of aryl methyl sites for hydroxylation is 1. The first kappa shape index (κ1) is 20.8. The Morgan fingerprint density at radius 3 is 2.94 bits per heavy atom. The number of carbonyl (C=O) groups excluding carboxylic acids is 1. The molecule has 1 unspecified atom stereocenters. The van der Waals surface area contributed by atoms with Gasteiger partial charge in [-0.25, -0.2) is 9.97 Å². The van der Waals surface area contributed by atoms with Crippen molar-refractivity contribution in [2.24, 2.45) is 0 Å². The number of hydrogen-bond acceptors (Lipinski definition) is 7. The van der Waals surface area contributed by atoms with Crippen LogP contribution >= 0.6 is 0 Å². The lowest BCUT2D eigenvalue weighted by atomic mass is 10.1. The average Bonchev–Trinajstić information content (AvgIpc) is 3.37. The fourth-order valence-corrected chi connectivity index (χ4v) is 4.76. The summed E-state index contributed by atoms with van der Waals surface area (Å²) < 4.78 is 8.21. The van der Waals surface area contributed by atoms with Gasteiger partial charge in [-0.15, -0.1) is 0 Å². The van der Waals surface area contributed by atoms with Crippen molar-refractivity contribution in [1.29, 1.82) is 0 Å². The van der Waals surface area contributed by atoms with E-state index in [1.807, 2.05) is 45.2 Å². The third kappa shape index (κ3) is 3.82. The summed E-state index contributed by atoms with van der Waals surface area (Å²) in [7, 11) is 1.85. The molecule has 0 aliphatic carbocycles. The summed E-state index contributed by atoms with van der Waals surface area (Å²) in [6, 6.07) is 7.76. The van der Waals surface area contributed by atoms with Gasteiger partial charge in [-0.1, -0.05) is 6.07 Å². The summed E-state index contributed by atoms with van der Waals surface area (Å²) >= 11 is 0. The molecule has 2 N–H and O–H groups in total. The molecule has 3 atom stereocenters. The van der Waals surface area contributed by atoms with E-state index in [9.17, 15) is 4.79 Å². The summed E-state index contributed by atoms with van der Waals surface area (Å²) in [4.78, 5) is 29.2. The van der Waals surface area contributed by atoms with Crippen LogP contribution in [0.2, 0.25) is 0 Å². The lowest BCUT2D eigenvalue weighted by Gasteiger charge is -2.27. The molecular formula is C23H29N7O2. The van der Waals surface area contributed by atoms with Crippen LogP contribution < -0.4 is 10.6 Å². The number of carbonyl (C=O) groups is 1. The molecule has 1 amide bonds. The van der Waals surface area contributed by atoms with Crippen molar-refractivity contribution < 1.29 is 9.53 Å². The molecule has 0 aromatic carbocycles. The van der Waals surface area contributed by atoms with E-state index >= 15 is 0 Å². The average molecular weight is 436 g/mol. The predicted molar refractivity (Wildman–Crippen MR) is 122 cm³/mol. The van der Waals surface area contributed by atoms with Crippen LogP contribution in [0.1, 0.15) is 19.2 Å². The number of nitrogens with one attached hydrogen (secondary N) is 2. The number of fused-ring (bicyclic) bond motifs is 5. The number of rotatable bonds is 2. The monoisotopic (exact) mass is 435 g/mol. The first-order chi connectivity index (χ1) is 15.5. The van der Waals surface area contributed by atoms with Crippen molar-refractivity contribution in [2.45, 2.75) is 45.0 Å². The van der Waals surface area contributed by atoms with Crippen molar-refractivity contribution in [1.82, 2.24) is 29.7 Å². The number of anilines is 1. The molecular weight excluding hydrogens is 406 g/mol. The molecule has 0 spiro atoms. The van der Waals surface area contributed by atoms with E-state index in [1.165, 1.54) is 0 Å². The highest BCUT2D eigenvalue weighted by Crippen LogP contribution is 2.28. The molecule has 1 fully saturated rings. The van der Waals surface area contributed by atoms with Gasteiger partial charge < -0.3 is 24.8 Å². The zero-order valence-corrected chi connectivity index (χ0v) is 18.7. The second-order valence-corrected chi connectivity index (χ2v) is 8.54.